The number of piperidine rings is 1. The van der Waals surface area contributed by atoms with E-state index in [9.17, 15) is 4.79 Å². The zero-order chi connectivity index (χ0) is 16.8. The summed E-state index contributed by atoms with van der Waals surface area (Å²) < 4.78 is 0. The van der Waals surface area contributed by atoms with E-state index in [-0.39, 0.29) is 11.9 Å². The monoisotopic (exact) mass is 338 g/mol. The lowest BCUT2D eigenvalue weighted by Crippen LogP contribution is -2.48. The van der Waals surface area contributed by atoms with Crippen LogP contribution in [0.1, 0.15) is 44.5 Å². The molecule has 130 valence electrons. The molecule has 0 bridgehead atoms. The van der Waals surface area contributed by atoms with Gasteiger partial charge in [0.15, 0.2) is 0 Å². The Bertz CT molecular complexity index is 479. The molecule has 1 N–H and O–H groups in total. The predicted molar refractivity (Wildman–Crippen MR) is 96.0 cm³/mol. The molecule has 3 atom stereocenters. The summed E-state index contributed by atoms with van der Waals surface area (Å²) in [7, 11) is 1.85. The Labute approximate surface area is 144 Å². The number of aromatic nitrogens is 1. The Morgan fingerprint density at radius 1 is 1.57 bits per heavy atom. The molecule has 1 saturated heterocycles. The van der Waals surface area contributed by atoms with Crippen molar-refractivity contribution in [3.63, 3.8) is 0 Å². The summed E-state index contributed by atoms with van der Waals surface area (Å²) in [6.45, 7) is 10.3. The maximum atomic E-state index is 12.3. The van der Waals surface area contributed by atoms with Crippen molar-refractivity contribution in [1.82, 2.24) is 20.1 Å². The van der Waals surface area contributed by atoms with Gasteiger partial charge in [-0.2, -0.15) is 0 Å². The third-order valence-electron chi connectivity index (χ3n) is 4.63. The van der Waals surface area contributed by atoms with Crippen LogP contribution in [0.5, 0.6) is 0 Å². The Morgan fingerprint density at radius 2 is 2.35 bits per heavy atom. The van der Waals surface area contributed by atoms with E-state index in [0.29, 0.717) is 19.1 Å². The molecule has 1 aromatic heterocycles. The van der Waals surface area contributed by atoms with Crippen molar-refractivity contribution >= 4 is 17.4 Å². The minimum Gasteiger partial charge on any atom is -0.336 e. The second kappa shape index (κ2) is 8.64. The first-order chi connectivity index (χ1) is 11.0. The average Bonchev–Trinajstić information content (AvgIpc) is 3.06. The lowest BCUT2D eigenvalue weighted by atomic mass is 9.99. The van der Waals surface area contributed by atoms with Crippen LogP contribution in [0.15, 0.2) is 11.6 Å². The van der Waals surface area contributed by atoms with E-state index in [1.165, 1.54) is 12.8 Å². The molecular formula is C17H30N4OS. The number of rotatable bonds is 6. The number of carbonyl (C=O) groups excluding carboxylic acids is 1. The summed E-state index contributed by atoms with van der Waals surface area (Å²) >= 11 is 1.65. The molecule has 0 aliphatic carbocycles. The lowest BCUT2D eigenvalue weighted by Gasteiger charge is -2.35. The third-order valence-corrected chi connectivity index (χ3v) is 5.63. The fourth-order valence-electron chi connectivity index (χ4n) is 3.17. The Hall–Kier alpha value is -1.14. The number of carbonyl (C=O) groups is 1. The zero-order valence-electron chi connectivity index (χ0n) is 14.8. The molecule has 0 spiro atoms. The van der Waals surface area contributed by atoms with Crippen LogP contribution in [0.4, 0.5) is 4.79 Å². The van der Waals surface area contributed by atoms with Crippen molar-refractivity contribution in [2.45, 2.75) is 45.6 Å². The van der Waals surface area contributed by atoms with E-state index < -0.39 is 0 Å². The van der Waals surface area contributed by atoms with Crippen molar-refractivity contribution in [3.8, 4) is 0 Å². The number of thiazole rings is 1. The smallest absolute Gasteiger partial charge is 0.317 e. The molecule has 0 unspecified atom stereocenters. The average molecular weight is 339 g/mol. The van der Waals surface area contributed by atoms with Crippen LogP contribution < -0.4 is 5.32 Å². The first-order valence-corrected chi connectivity index (χ1v) is 9.47. The topological polar surface area (TPSA) is 48.5 Å². The van der Waals surface area contributed by atoms with Gasteiger partial charge in [0.05, 0.1) is 5.01 Å². The summed E-state index contributed by atoms with van der Waals surface area (Å²) in [4.78, 5) is 20.9. The SMILES string of the molecule is C[C@@H]1CCCN([C@@H](C)CNC(=O)N(C)C[C@@H](C)c2nccs2)C1. The van der Waals surface area contributed by atoms with Gasteiger partial charge in [-0.3, -0.25) is 4.90 Å². The Morgan fingerprint density at radius 3 is 3.00 bits per heavy atom. The van der Waals surface area contributed by atoms with Crippen molar-refractivity contribution in [2.75, 3.05) is 33.2 Å². The molecule has 0 aromatic carbocycles. The quantitative estimate of drug-likeness (QED) is 0.867. The van der Waals surface area contributed by atoms with Crippen molar-refractivity contribution in [2.24, 2.45) is 5.92 Å². The van der Waals surface area contributed by atoms with Crippen molar-refractivity contribution in [1.29, 1.82) is 0 Å². The first-order valence-electron chi connectivity index (χ1n) is 8.59. The standard InChI is InChI=1S/C17H30N4OS/c1-13-6-5-8-21(11-13)15(3)10-19-17(22)20(4)12-14(2)16-18-7-9-23-16/h7,9,13-15H,5-6,8,10-12H2,1-4H3,(H,19,22)/t13-,14-,15+/m1/s1. The van der Waals surface area contributed by atoms with Crippen LogP contribution in [-0.2, 0) is 0 Å². The normalized spacial score (nSPS) is 21.7. The third kappa shape index (κ3) is 5.46. The molecule has 23 heavy (non-hydrogen) atoms. The number of amides is 2. The van der Waals surface area contributed by atoms with E-state index in [4.69, 9.17) is 0 Å². The summed E-state index contributed by atoms with van der Waals surface area (Å²) in [6.07, 6.45) is 4.41. The largest absolute Gasteiger partial charge is 0.336 e. The summed E-state index contributed by atoms with van der Waals surface area (Å²) in [5, 5.41) is 6.14. The Kier molecular flexibility index (Phi) is 6.84. The fourth-order valence-corrected chi connectivity index (χ4v) is 3.86. The van der Waals surface area contributed by atoms with Gasteiger partial charge < -0.3 is 10.2 Å². The van der Waals surface area contributed by atoms with E-state index in [0.717, 1.165) is 24.0 Å². The second-order valence-electron chi connectivity index (χ2n) is 6.93. The maximum absolute atomic E-state index is 12.3. The van der Waals surface area contributed by atoms with Gasteiger partial charge in [0.2, 0.25) is 0 Å². The number of hydrogen-bond acceptors (Lipinski definition) is 4. The van der Waals surface area contributed by atoms with Crippen LogP contribution in [0, 0.1) is 5.92 Å². The molecule has 2 heterocycles. The highest BCUT2D eigenvalue weighted by atomic mass is 32.1. The molecule has 1 aliphatic heterocycles. The van der Waals surface area contributed by atoms with Gasteiger partial charge in [-0.05, 0) is 32.2 Å². The highest BCUT2D eigenvalue weighted by Crippen LogP contribution is 2.19. The lowest BCUT2D eigenvalue weighted by molar-refractivity contribution is 0.135. The van der Waals surface area contributed by atoms with Crippen LogP contribution in [0.3, 0.4) is 0 Å². The number of hydrogen-bond donors (Lipinski definition) is 1. The number of nitrogens with one attached hydrogen (secondary N) is 1. The molecule has 0 saturated carbocycles. The van der Waals surface area contributed by atoms with Crippen LogP contribution in [0.2, 0.25) is 0 Å². The second-order valence-corrected chi connectivity index (χ2v) is 7.86. The van der Waals surface area contributed by atoms with Gasteiger partial charge in [0.1, 0.15) is 0 Å². The molecule has 5 nitrogen and oxygen atoms in total. The number of urea groups is 1. The molecule has 2 amide bonds. The van der Waals surface area contributed by atoms with Crippen molar-refractivity contribution in [3.05, 3.63) is 16.6 Å². The minimum absolute atomic E-state index is 0.00492. The van der Waals surface area contributed by atoms with Gasteiger partial charge >= 0.3 is 6.03 Å². The van der Waals surface area contributed by atoms with E-state index in [2.05, 4.69) is 36.0 Å². The van der Waals surface area contributed by atoms with Gasteiger partial charge in [0, 0.05) is 50.2 Å². The first kappa shape index (κ1) is 18.2. The number of likely N-dealkylation sites (N-methyl/N-ethyl adjacent to an activating group) is 1. The van der Waals surface area contributed by atoms with Gasteiger partial charge in [-0.15, -0.1) is 11.3 Å². The summed E-state index contributed by atoms with van der Waals surface area (Å²) in [6, 6.07) is 0.400. The van der Waals surface area contributed by atoms with Gasteiger partial charge in [0.25, 0.3) is 0 Å². The molecule has 2 rings (SSSR count). The predicted octanol–water partition coefficient (Wildman–Crippen LogP) is 3.01. The number of likely N-dealkylation sites (tertiary alicyclic amines) is 1. The molecule has 1 aliphatic rings. The van der Waals surface area contributed by atoms with E-state index in [1.54, 1.807) is 16.2 Å². The van der Waals surface area contributed by atoms with E-state index >= 15 is 0 Å². The summed E-state index contributed by atoms with van der Waals surface area (Å²) in [5.74, 6) is 1.04. The van der Waals surface area contributed by atoms with Crippen LogP contribution in [0.25, 0.3) is 0 Å². The molecule has 6 heteroatoms. The molecule has 1 aromatic rings. The molecular weight excluding hydrogens is 308 g/mol. The maximum Gasteiger partial charge on any atom is 0.317 e. The highest BCUT2D eigenvalue weighted by Gasteiger charge is 2.22. The highest BCUT2D eigenvalue weighted by molar-refractivity contribution is 7.09. The van der Waals surface area contributed by atoms with E-state index in [1.807, 2.05) is 18.6 Å². The summed E-state index contributed by atoms with van der Waals surface area (Å²) in [5.41, 5.74) is 0. The number of nitrogens with zero attached hydrogens (tertiary/aromatic N) is 3. The van der Waals surface area contributed by atoms with Crippen molar-refractivity contribution < 1.29 is 4.79 Å². The van der Waals surface area contributed by atoms with Crippen LogP contribution >= 0.6 is 11.3 Å². The van der Waals surface area contributed by atoms with Crippen LogP contribution in [-0.4, -0.2) is 60.1 Å². The minimum atomic E-state index is 0.00492. The molecule has 0 radical (unpaired) electrons. The molecule has 1 fully saturated rings. The van der Waals surface area contributed by atoms with Gasteiger partial charge in [-0.1, -0.05) is 13.8 Å². The zero-order valence-corrected chi connectivity index (χ0v) is 15.6. The Balaban J connectivity index is 1.73. The van der Waals surface area contributed by atoms with Gasteiger partial charge in [-0.25, -0.2) is 9.78 Å². The fraction of sp³-hybridized carbons (Fsp3) is 0.765.